The molecule has 0 saturated heterocycles. The van der Waals surface area contributed by atoms with Gasteiger partial charge in [0.05, 0.1) is 11.4 Å². The lowest BCUT2D eigenvalue weighted by molar-refractivity contribution is 0.0798. The molecule has 0 spiro atoms. The van der Waals surface area contributed by atoms with Crippen molar-refractivity contribution in [3.63, 3.8) is 0 Å². The van der Waals surface area contributed by atoms with Gasteiger partial charge in [-0.15, -0.1) is 0 Å². The zero-order valence-corrected chi connectivity index (χ0v) is 13.6. The minimum absolute atomic E-state index is 0.0190. The highest BCUT2D eigenvalue weighted by atomic mass is 32.2. The normalized spacial score (nSPS) is 17.1. The van der Waals surface area contributed by atoms with Crippen molar-refractivity contribution in [2.24, 2.45) is 0 Å². The molecule has 3 rings (SSSR count). The average Bonchev–Trinajstić information content (AvgIpc) is 2.53. The summed E-state index contributed by atoms with van der Waals surface area (Å²) in [6, 6.07) is 9.23. The summed E-state index contributed by atoms with van der Waals surface area (Å²) in [6.45, 7) is 0.156. The molecule has 0 N–H and O–H groups in total. The Bertz CT molecular complexity index is 837. The van der Waals surface area contributed by atoms with Crippen molar-refractivity contribution >= 4 is 10.0 Å². The molecule has 0 aromatic heterocycles. The van der Waals surface area contributed by atoms with Crippen LogP contribution in [0.3, 0.4) is 0 Å². The van der Waals surface area contributed by atoms with E-state index in [1.807, 2.05) is 0 Å². The topological polar surface area (TPSA) is 55.8 Å². The van der Waals surface area contributed by atoms with Crippen molar-refractivity contribution in [1.29, 1.82) is 0 Å². The first-order valence-corrected chi connectivity index (χ1v) is 8.61. The Kier molecular flexibility index (Phi) is 4.42. The van der Waals surface area contributed by atoms with Crippen LogP contribution in [-0.2, 0) is 10.0 Å². The molecule has 8 heteroatoms. The molecule has 1 aliphatic rings. The molecule has 2 aromatic rings. The number of nitrogens with zero attached hydrogens (tertiary/aromatic N) is 1. The van der Waals surface area contributed by atoms with E-state index in [-0.39, 0.29) is 13.2 Å². The van der Waals surface area contributed by atoms with E-state index in [0.717, 1.165) is 16.4 Å². The summed E-state index contributed by atoms with van der Waals surface area (Å²) in [7, 11) is -2.72. The van der Waals surface area contributed by atoms with Crippen LogP contribution < -0.4 is 9.47 Å². The Morgan fingerprint density at radius 2 is 1.75 bits per heavy atom. The van der Waals surface area contributed by atoms with Crippen LogP contribution >= 0.6 is 0 Å². The molecule has 128 valence electrons. The molecule has 0 saturated carbocycles. The molecule has 1 aliphatic heterocycles. The Hall–Kier alpha value is -2.19. The summed E-state index contributed by atoms with van der Waals surface area (Å²) in [4.78, 5) is -0.445. The maximum atomic E-state index is 13.3. The van der Waals surface area contributed by atoms with Crippen LogP contribution in [-0.4, -0.2) is 39.0 Å². The van der Waals surface area contributed by atoms with Crippen molar-refractivity contribution < 1.29 is 26.7 Å². The Balaban J connectivity index is 1.76. The van der Waals surface area contributed by atoms with E-state index in [1.54, 1.807) is 24.3 Å². The minimum Gasteiger partial charge on any atom is -0.486 e. The molecular weight excluding hydrogens is 340 g/mol. The van der Waals surface area contributed by atoms with Gasteiger partial charge < -0.3 is 9.47 Å². The number of sulfonamides is 1. The lowest BCUT2D eigenvalue weighted by Crippen LogP contribution is -2.41. The molecule has 0 bridgehead atoms. The molecule has 2 aromatic carbocycles. The molecule has 0 fully saturated rings. The first-order valence-electron chi connectivity index (χ1n) is 7.17. The molecule has 0 radical (unpaired) electrons. The highest BCUT2D eigenvalue weighted by molar-refractivity contribution is 7.89. The molecule has 24 heavy (non-hydrogen) atoms. The summed E-state index contributed by atoms with van der Waals surface area (Å²) in [6.07, 6.45) is -0.530. The van der Waals surface area contributed by atoms with E-state index in [4.69, 9.17) is 9.47 Å². The maximum absolute atomic E-state index is 13.3. The number of halogens is 2. The summed E-state index contributed by atoms with van der Waals surface area (Å²) >= 11 is 0. The third-order valence-electron chi connectivity index (χ3n) is 3.57. The SMILES string of the molecule is CN(C[C@@H]1COc2ccccc2O1)S(=O)(=O)c1cc(F)cc(F)c1. The van der Waals surface area contributed by atoms with Crippen molar-refractivity contribution in [2.75, 3.05) is 20.2 Å². The van der Waals surface area contributed by atoms with Crippen molar-refractivity contribution in [1.82, 2.24) is 4.31 Å². The number of likely N-dealkylation sites (N-methyl/N-ethyl adjacent to an activating group) is 1. The summed E-state index contributed by atoms with van der Waals surface area (Å²) < 4.78 is 63.7. The third kappa shape index (κ3) is 3.34. The van der Waals surface area contributed by atoms with Crippen LogP contribution in [0, 0.1) is 11.6 Å². The fraction of sp³-hybridized carbons (Fsp3) is 0.250. The van der Waals surface area contributed by atoms with E-state index in [2.05, 4.69) is 0 Å². The average molecular weight is 355 g/mol. The molecule has 5 nitrogen and oxygen atoms in total. The molecule has 0 amide bonds. The second kappa shape index (κ2) is 6.37. The van der Waals surface area contributed by atoms with E-state index >= 15 is 0 Å². The smallest absolute Gasteiger partial charge is 0.243 e. The Labute approximate surface area is 138 Å². The first kappa shape index (κ1) is 16.7. The zero-order chi connectivity index (χ0) is 17.3. The van der Waals surface area contributed by atoms with Crippen molar-refractivity contribution in [3.05, 3.63) is 54.1 Å². The fourth-order valence-corrected chi connectivity index (χ4v) is 3.64. The molecule has 1 heterocycles. The highest BCUT2D eigenvalue weighted by Gasteiger charge is 2.28. The van der Waals surface area contributed by atoms with Gasteiger partial charge in [-0.05, 0) is 24.3 Å². The van der Waals surface area contributed by atoms with Gasteiger partial charge in [-0.2, -0.15) is 4.31 Å². The van der Waals surface area contributed by atoms with Gasteiger partial charge in [-0.25, -0.2) is 17.2 Å². The lowest BCUT2D eigenvalue weighted by atomic mass is 10.2. The highest BCUT2D eigenvalue weighted by Crippen LogP contribution is 2.31. The van der Waals surface area contributed by atoms with Gasteiger partial charge in [0.2, 0.25) is 10.0 Å². The van der Waals surface area contributed by atoms with E-state index < -0.39 is 32.7 Å². The number of para-hydroxylation sites is 2. The number of hydrogen-bond donors (Lipinski definition) is 0. The quantitative estimate of drug-likeness (QED) is 0.845. The predicted octanol–water partition coefficient (Wildman–Crippen LogP) is 2.43. The number of rotatable bonds is 4. The summed E-state index contributed by atoms with van der Waals surface area (Å²) in [5.41, 5.74) is 0. The van der Waals surface area contributed by atoms with Gasteiger partial charge in [0, 0.05) is 13.1 Å². The molecule has 1 atom stereocenters. The molecule has 0 unspecified atom stereocenters. The Morgan fingerprint density at radius 1 is 1.12 bits per heavy atom. The van der Waals surface area contributed by atoms with Crippen LogP contribution in [0.15, 0.2) is 47.4 Å². The van der Waals surface area contributed by atoms with Crippen molar-refractivity contribution in [3.8, 4) is 11.5 Å². The fourth-order valence-electron chi connectivity index (χ4n) is 2.40. The van der Waals surface area contributed by atoms with Crippen LogP contribution in [0.2, 0.25) is 0 Å². The van der Waals surface area contributed by atoms with Gasteiger partial charge in [0.15, 0.2) is 11.5 Å². The molecule has 0 aliphatic carbocycles. The van der Waals surface area contributed by atoms with Crippen LogP contribution in [0.1, 0.15) is 0 Å². The zero-order valence-electron chi connectivity index (χ0n) is 12.8. The summed E-state index contributed by atoms with van der Waals surface area (Å²) in [5, 5.41) is 0. The second-order valence-corrected chi connectivity index (χ2v) is 7.43. The minimum atomic E-state index is -4.04. The van der Waals surface area contributed by atoms with E-state index in [0.29, 0.717) is 17.6 Å². The van der Waals surface area contributed by atoms with Crippen molar-refractivity contribution in [2.45, 2.75) is 11.0 Å². The number of hydrogen-bond acceptors (Lipinski definition) is 4. The number of fused-ring (bicyclic) bond motifs is 1. The van der Waals surface area contributed by atoms with E-state index in [9.17, 15) is 17.2 Å². The largest absolute Gasteiger partial charge is 0.486 e. The molecular formula is C16H15F2NO4S. The summed E-state index contributed by atoms with van der Waals surface area (Å²) in [5.74, 6) is -0.788. The van der Waals surface area contributed by atoms with Gasteiger partial charge >= 0.3 is 0 Å². The Morgan fingerprint density at radius 3 is 2.42 bits per heavy atom. The van der Waals surface area contributed by atoms with Gasteiger partial charge in [0.1, 0.15) is 24.3 Å². The third-order valence-corrected chi connectivity index (χ3v) is 5.37. The van der Waals surface area contributed by atoms with E-state index in [1.165, 1.54) is 7.05 Å². The van der Waals surface area contributed by atoms with Crippen LogP contribution in [0.25, 0.3) is 0 Å². The first-order chi connectivity index (χ1) is 11.4. The second-order valence-electron chi connectivity index (χ2n) is 5.39. The number of benzene rings is 2. The van der Waals surface area contributed by atoms with Gasteiger partial charge in [-0.1, -0.05) is 12.1 Å². The monoisotopic (exact) mass is 355 g/mol. The lowest BCUT2D eigenvalue weighted by Gasteiger charge is -2.29. The number of ether oxygens (including phenoxy) is 2. The standard InChI is InChI=1S/C16H15F2NO4S/c1-19(24(20,21)14-7-11(17)6-12(18)8-14)9-13-10-22-15-4-2-3-5-16(15)23-13/h2-8,13H,9-10H2,1H3/t13-/m1/s1. The maximum Gasteiger partial charge on any atom is 0.243 e. The van der Waals surface area contributed by atoms with Gasteiger partial charge in [-0.3, -0.25) is 0 Å². The van der Waals surface area contributed by atoms with Gasteiger partial charge in [0.25, 0.3) is 0 Å². The predicted molar refractivity (Wildman–Crippen MR) is 82.5 cm³/mol. The van der Waals surface area contributed by atoms with Crippen LogP contribution in [0.5, 0.6) is 11.5 Å². The van der Waals surface area contributed by atoms with Crippen LogP contribution in [0.4, 0.5) is 8.78 Å².